The number of halogens is 1. The van der Waals surface area contributed by atoms with Crippen LogP contribution in [0.1, 0.15) is 16.8 Å². The maximum atomic E-state index is 12.3. The number of rotatable bonds is 4. The number of fused-ring (bicyclic) bond motifs is 1. The lowest BCUT2D eigenvalue weighted by atomic mass is 10.2. The summed E-state index contributed by atoms with van der Waals surface area (Å²) in [7, 11) is 0. The van der Waals surface area contributed by atoms with Gasteiger partial charge in [0.1, 0.15) is 0 Å². The number of anilines is 1. The van der Waals surface area contributed by atoms with Gasteiger partial charge in [-0.1, -0.05) is 11.8 Å². The molecule has 1 amide bonds. The van der Waals surface area contributed by atoms with Gasteiger partial charge in [-0.2, -0.15) is 0 Å². The predicted octanol–water partition coefficient (Wildman–Crippen LogP) is 3.58. The van der Waals surface area contributed by atoms with E-state index in [4.69, 9.17) is 0 Å². The molecule has 0 saturated carbocycles. The molecule has 0 aliphatic rings. The average Bonchev–Trinajstić information content (AvgIpc) is 2.54. The molecular formula is C18H17IN4O2S. The summed E-state index contributed by atoms with van der Waals surface area (Å²) < 4.78 is 1.11. The molecule has 0 radical (unpaired) electrons. The number of hydrogen-bond donors (Lipinski definition) is 2. The fraction of sp³-hybridized carbons (Fsp3) is 0.222. The normalized spacial score (nSPS) is 10.9. The number of amides is 1. The summed E-state index contributed by atoms with van der Waals surface area (Å²) in [5.74, 6) is -0.0135. The van der Waals surface area contributed by atoms with Crippen LogP contribution in [0.3, 0.4) is 0 Å². The lowest BCUT2D eigenvalue weighted by Gasteiger charge is -2.09. The Balaban J connectivity index is 1.75. The van der Waals surface area contributed by atoms with Gasteiger partial charge in [-0.25, -0.2) is 9.97 Å². The van der Waals surface area contributed by atoms with Gasteiger partial charge in [0.05, 0.1) is 11.1 Å². The number of thioether (sulfide) groups is 1. The molecule has 0 bridgehead atoms. The monoisotopic (exact) mass is 480 g/mol. The first-order chi connectivity index (χ1) is 12.3. The quantitative estimate of drug-likeness (QED) is 0.339. The van der Waals surface area contributed by atoms with E-state index in [0.29, 0.717) is 16.2 Å². The van der Waals surface area contributed by atoms with E-state index in [1.807, 2.05) is 45.0 Å². The molecule has 134 valence electrons. The number of carbonyl (C=O) groups is 1. The zero-order valence-electron chi connectivity index (χ0n) is 14.5. The molecule has 0 aliphatic heterocycles. The fourth-order valence-electron chi connectivity index (χ4n) is 2.62. The third kappa shape index (κ3) is 4.24. The van der Waals surface area contributed by atoms with Crippen LogP contribution >= 0.6 is 34.4 Å². The standard InChI is InChI=1S/C18H17IN4O2S/c1-9-7-12(19)4-5-13(9)21-14(24)8-26-18-22-16-15(17(25)23-18)10(2)6-11(3)20-16/h4-7H,8H2,1-3H3,(H,21,24)(H,20,22,23,25). The third-order valence-corrected chi connectivity index (χ3v) is 5.33. The lowest BCUT2D eigenvalue weighted by molar-refractivity contribution is -0.113. The first-order valence-corrected chi connectivity index (χ1v) is 9.97. The largest absolute Gasteiger partial charge is 0.325 e. The summed E-state index contributed by atoms with van der Waals surface area (Å²) in [6.45, 7) is 5.67. The smallest absolute Gasteiger partial charge is 0.261 e. The van der Waals surface area contributed by atoms with Gasteiger partial charge in [-0.15, -0.1) is 0 Å². The Morgan fingerprint density at radius 1 is 1.19 bits per heavy atom. The second kappa shape index (κ2) is 7.75. The molecule has 2 aromatic heterocycles. The highest BCUT2D eigenvalue weighted by atomic mass is 127. The topological polar surface area (TPSA) is 87.7 Å². The van der Waals surface area contributed by atoms with Crippen LogP contribution in [0.5, 0.6) is 0 Å². The van der Waals surface area contributed by atoms with Crippen LogP contribution in [-0.2, 0) is 4.79 Å². The number of pyridine rings is 1. The molecule has 0 spiro atoms. The molecule has 3 aromatic rings. The van der Waals surface area contributed by atoms with Gasteiger partial charge in [0, 0.05) is 15.0 Å². The van der Waals surface area contributed by atoms with Crippen molar-refractivity contribution in [3.63, 3.8) is 0 Å². The molecule has 3 rings (SSSR count). The number of aromatic amines is 1. The third-order valence-electron chi connectivity index (χ3n) is 3.78. The van der Waals surface area contributed by atoms with Crippen LogP contribution in [0.2, 0.25) is 0 Å². The van der Waals surface area contributed by atoms with E-state index in [1.54, 1.807) is 0 Å². The number of nitrogens with one attached hydrogen (secondary N) is 2. The van der Waals surface area contributed by atoms with E-state index >= 15 is 0 Å². The van der Waals surface area contributed by atoms with Crippen LogP contribution in [0.25, 0.3) is 11.0 Å². The molecule has 0 fully saturated rings. The fourth-order valence-corrected chi connectivity index (χ4v) is 3.92. The summed E-state index contributed by atoms with van der Waals surface area (Å²) in [6.07, 6.45) is 0. The number of carbonyl (C=O) groups excluding carboxylic acids is 1. The second-order valence-electron chi connectivity index (χ2n) is 5.95. The Morgan fingerprint density at radius 2 is 1.96 bits per heavy atom. The van der Waals surface area contributed by atoms with Crippen molar-refractivity contribution < 1.29 is 4.79 Å². The van der Waals surface area contributed by atoms with Gasteiger partial charge >= 0.3 is 0 Å². The average molecular weight is 480 g/mol. The minimum absolute atomic E-state index is 0.144. The number of aryl methyl sites for hydroxylation is 3. The van der Waals surface area contributed by atoms with Crippen LogP contribution < -0.4 is 10.9 Å². The van der Waals surface area contributed by atoms with Gasteiger partial charge in [0.25, 0.3) is 5.56 Å². The van der Waals surface area contributed by atoms with Crippen molar-refractivity contribution >= 4 is 57.0 Å². The van der Waals surface area contributed by atoms with Gasteiger partial charge in [0.2, 0.25) is 5.91 Å². The van der Waals surface area contributed by atoms with Crippen LogP contribution in [0.4, 0.5) is 5.69 Å². The Hall–Kier alpha value is -1.94. The Bertz CT molecular complexity index is 1060. The summed E-state index contributed by atoms with van der Waals surface area (Å²) in [5, 5.41) is 3.75. The van der Waals surface area contributed by atoms with Crippen molar-refractivity contribution in [2.45, 2.75) is 25.9 Å². The van der Waals surface area contributed by atoms with Crippen molar-refractivity contribution in [3.05, 3.63) is 55.0 Å². The zero-order chi connectivity index (χ0) is 18.8. The van der Waals surface area contributed by atoms with Gasteiger partial charge in [0.15, 0.2) is 10.8 Å². The Labute approximate surface area is 168 Å². The van der Waals surface area contributed by atoms with Gasteiger partial charge in [-0.3, -0.25) is 9.59 Å². The molecule has 0 unspecified atom stereocenters. The second-order valence-corrected chi connectivity index (χ2v) is 8.16. The highest BCUT2D eigenvalue weighted by molar-refractivity contribution is 14.1. The minimum atomic E-state index is -0.239. The van der Waals surface area contributed by atoms with Gasteiger partial charge < -0.3 is 10.3 Å². The van der Waals surface area contributed by atoms with E-state index in [-0.39, 0.29) is 17.2 Å². The van der Waals surface area contributed by atoms with E-state index < -0.39 is 0 Å². The highest BCUT2D eigenvalue weighted by Gasteiger charge is 2.11. The number of benzene rings is 1. The molecule has 0 saturated heterocycles. The zero-order valence-corrected chi connectivity index (χ0v) is 17.5. The van der Waals surface area contributed by atoms with E-state index in [9.17, 15) is 9.59 Å². The van der Waals surface area contributed by atoms with Crippen molar-refractivity contribution in [1.82, 2.24) is 15.0 Å². The number of nitrogens with zero attached hydrogens (tertiary/aromatic N) is 2. The lowest BCUT2D eigenvalue weighted by Crippen LogP contribution is -2.16. The number of hydrogen-bond acceptors (Lipinski definition) is 5. The maximum absolute atomic E-state index is 12.3. The van der Waals surface area contributed by atoms with E-state index in [1.165, 1.54) is 11.8 Å². The molecule has 26 heavy (non-hydrogen) atoms. The minimum Gasteiger partial charge on any atom is -0.325 e. The molecule has 1 aromatic carbocycles. The summed E-state index contributed by atoms with van der Waals surface area (Å²) >= 11 is 3.41. The van der Waals surface area contributed by atoms with Gasteiger partial charge in [-0.05, 0) is 78.8 Å². The number of H-pyrrole nitrogens is 1. The first kappa shape index (κ1) is 18.8. The Morgan fingerprint density at radius 3 is 2.69 bits per heavy atom. The molecule has 2 N–H and O–H groups in total. The summed E-state index contributed by atoms with van der Waals surface area (Å²) in [5.41, 5.74) is 3.59. The van der Waals surface area contributed by atoms with E-state index in [0.717, 1.165) is 26.1 Å². The van der Waals surface area contributed by atoms with Crippen LogP contribution in [0.15, 0.2) is 34.2 Å². The summed E-state index contributed by atoms with van der Waals surface area (Å²) in [4.78, 5) is 35.9. The van der Waals surface area contributed by atoms with Crippen molar-refractivity contribution in [2.24, 2.45) is 0 Å². The van der Waals surface area contributed by atoms with Crippen molar-refractivity contribution in [1.29, 1.82) is 0 Å². The molecule has 0 aliphatic carbocycles. The van der Waals surface area contributed by atoms with Crippen LogP contribution in [0, 0.1) is 24.3 Å². The van der Waals surface area contributed by atoms with Crippen molar-refractivity contribution in [2.75, 3.05) is 11.1 Å². The number of aromatic nitrogens is 3. The highest BCUT2D eigenvalue weighted by Crippen LogP contribution is 2.20. The maximum Gasteiger partial charge on any atom is 0.261 e. The predicted molar refractivity (Wildman–Crippen MR) is 113 cm³/mol. The molecule has 2 heterocycles. The van der Waals surface area contributed by atoms with Crippen molar-refractivity contribution in [3.8, 4) is 0 Å². The molecular weight excluding hydrogens is 463 g/mol. The molecule has 6 nitrogen and oxygen atoms in total. The van der Waals surface area contributed by atoms with Crippen LogP contribution in [-0.4, -0.2) is 26.6 Å². The SMILES string of the molecule is Cc1cc(C)c2c(=O)[nH]c(SCC(=O)Nc3ccc(I)cc3C)nc2n1. The molecule has 0 atom stereocenters. The molecule has 8 heteroatoms. The summed E-state index contributed by atoms with van der Waals surface area (Å²) in [6, 6.07) is 7.67. The van der Waals surface area contributed by atoms with E-state index in [2.05, 4.69) is 42.9 Å². The Kier molecular flexibility index (Phi) is 5.61. The first-order valence-electron chi connectivity index (χ1n) is 7.90.